The molecule has 2 atom stereocenters. The monoisotopic (exact) mass is 258 g/mol. The van der Waals surface area contributed by atoms with Crippen molar-refractivity contribution in [2.45, 2.75) is 19.1 Å². The zero-order valence-electron chi connectivity index (χ0n) is 9.68. The largest absolute Gasteiger partial charge is 0.465 e. The lowest BCUT2D eigenvalue weighted by Crippen LogP contribution is -2.20. The van der Waals surface area contributed by atoms with Gasteiger partial charge in [-0.15, -0.1) is 11.6 Å². The van der Waals surface area contributed by atoms with Crippen LogP contribution in [0.3, 0.4) is 0 Å². The number of aliphatic hydroxyl groups excluding tert-OH is 2. The SMILES string of the molecule is COC(=O)c1ccc(C(O)C(O)CCl)c(C)c1. The molecular formula is C12H15ClO4. The number of rotatable bonds is 4. The second kappa shape index (κ2) is 6.00. The Morgan fingerprint density at radius 1 is 1.47 bits per heavy atom. The van der Waals surface area contributed by atoms with E-state index in [1.54, 1.807) is 25.1 Å². The Balaban J connectivity index is 3.01. The van der Waals surface area contributed by atoms with Crippen LogP contribution in [-0.2, 0) is 4.74 Å². The van der Waals surface area contributed by atoms with E-state index in [0.29, 0.717) is 16.7 Å². The smallest absolute Gasteiger partial charge is 0.337 e. The van der Waals surface area contributed by atoms with Crippen molar-refractivity contribution in [3.8, 4) is 0 Å². The first kappa shape index (κ1) is 14.0. The molecule has 0 spiro atoms. The summed E-state index contributed by atoms with van der Waals surface area (Å²) in [5.41, 5.74) is 1.65. The molecule has 1 aromatic rings. The van der Waals surface area contributed by atoms with E-state index in [4.69, 9.17) is 11.6 Å². The van der Waals surface area contributed by atoms with Crippen molar-refractivity contribution in [3.05, 3.63) is 34.9 Å². The molecule has 2 N–H and O–H groups in total. The maximum atomic E-state index is 11.3. The number of hydrogen-bond acceptors (Lipinski definition) is 4. The third kappa shape index (κ3) is 3.19. The lowest BCUT2D eigenvalue weighted by Gasteiger charge is -2.18. The van der Waals surface area contributed by atoms with Gasteiger partial charge < -0.3 is 14.9 Å². The van der Waals surface area contributed by atoms with Gasteiger partial charge in [-0.2, -0.15) is 0 Å². The maximum absolute atomic E-state index is 11.3. The summed E-state index contributed by atoms with van der Waals surface area (Å²) in [5, 5.41) is 19.3. The predicted molar refractivity (Wildman–Crippen MR) is 64.2 cm³/mol. The van der Waals surface area contributed by atoms with Crippen LogP contribution in [-0.4, -0.2) is 35.3 Å². The number of benzene rings is 1. The maximum Gasteiger partial charge on any atom is 0.337 e. The Labute approximate surface area is 105 Å². The Morgan fingerprint density at radius 3 is 2.59 bits per heavy atom. The molecule has 4 nitrogen and oxygen atoms in total. The summed E-state index contributed by atoms with van der Waals surface area (Å²) in [6.07, 6.45) is -2.08. The van der Waals surface area contributed by atoms with Crippen molar-refractivity contribution >= 4 is 17.6 Å². The lowest BCUT2D eigenvalue weighted by atomic mass is 9.98. The third-order valence-electron chi connectivity index (χ3n) is 2.53. The molecule has 0 amide bonds. The van der Waals surface area contributed by atoms with Crippen molar-refractivity contribution in [1.82, 2.24) is 0 Å². The Morgan fingerprint density at radius 2 is 2.12 bits per heavy atom. The average molecular weight is 259 g/mol. The average Bonchev–Trinajstić information content (AvgIpc) is 2.35. The summed E-state index contributed by atoms with van der Waals surface area (Å²) >= 11 is 5.47. The number of methoxy groups -OCH3 is 1. The fraction of sp³-hybridized carbons (Fsp3) is 0.417. The molecule has 0 radical (unpaired) electrons. The molecular weight excluding hydrogens is 244 g/mol. The van der Waals surface area contributed by atoms with E-state index in [-0.39, 0.29) is 5.88 Å². The van der Waals surface area contributed by atoms with Crippen LogP contribution in [0.4, 0.5) is 0 Å². The zero-order chi connectivity index (χ0) is 13.0. The summed E-state index contributed by atoms with van der Waals surface area (Å²) in [4.78, 5) is 11.3. The van der Waals surface area contributed by atoms with Gasteiger partial charge in [-0.3, -0.25) is 0 Å². The third-order valence-corrected chi connectivity index (χ3v) is 2.85. The minimum absolute atomic E-state index is 0.0562. The van der Waals surface area contributed by atoms with Crippen molar-refractivity contribution in [1.29, 1.82) is 0 Å². The molecule has 0 saturated carbocycles. The Bertz CT molecular complexity index is 405. The van der Waals surface area contributed by atoms with Crippen molar-refractivity contribution in [2.75, 3.05) is 13.0 Å². The minimum atomic E-state index is -1.06. The molecule has 0 bridgehead atoms. The van der Waals surface area contributed by atoms with E-state index < -0.39 is 18.2 Å². The number of carbonyl (C=O) groups excluding carboxylic acids is 1. The first-order chi connectivity index (χ1) is 8.01. The Hall–Kier alpha value is -1.10. The van der Waals surface area contributed by atoms with Crippen LogP contribution in [0.2, 0.25) is 0 Å². The highest BCUT2D eigenvalue weighted by Crippen LogP contribution is 2.22. The van der Waals surface area contributed by atoms with Gasteiger partial charge in [0, 0.05) is 0 Å². The molecule has 94 valence electrons. The molecule has 17 heavy (non-hydrogen) atoms. The van der Waals surface area contributed by atoms with Crippen LogP contribution in [0.5, 0.6) is 0 Å². The van der Waals surface area contributed by atoms with Gasteiger partial charge in [-0.05, 0) is 30.2 Å². The van der Waals surface area contributed by atoms with Gasteiger partial charge in [0.2, 0.25) is 0 Å². The summed E-state index contributed by atoms with van der Waals surface area (Å²) in [6, 6.07) is 4.73. The van der Waals surface area contributed by atoms with E-state index in [0.717, 1.165) is 0 Å². The number of ether oxygens (including phenoxy) is 1. The molecule has 2 unspecified atom stereocenters. The summed E-state index contributed by atoms with van der Waals surface area (Å²) < 4.78 is 4.59. The van der Waals surface area contributed by atoms with Crippen LogP contribution in [0, 0.1) is 6.92 Å². The number of hydrogen-bond donors (Lipinski definition) is 2. The molecule has 1 aromatic carbocycles. The van der Waals surface area contributed by atoms with E-state index >= 15 is 0 Å². The molecule has 1 rings (SSSR count). The molecule has 0 aliphatic heterocycles. The topological polar surface area (TPSA) is 66.8 Å². The van der Waals surface area contributed by atoms with Gasteiger partial charge in [0.05, 0.1) is 24.7 Å². The Kier molecular flexibility index (Phi) is 4.93. The zero-order valence-corrected chi connectivity index (χ0v) is 10.4. The number of aliphatic hydroxyl groups is 2. The normalized spacial score (nSPS) is 14.2. The fourth-order valence-corrected chi connectivity index (χ4v) is 1.71. The summed E-state index contributed by atoms with van der Waals surface area (Å²) in [7, 11) is 1.30. The number of aryl methyl sites for hydroxylation is 1. The van der Waals surface area contributed by atoms with Crippen molar-refractivity contribution in [3.63, 3.8) is 0 Å². The number of halogens is 1. The standard InChI is InChI=1S/C12H15ClO4/c1-7-5-8(12(16)17-2)3-4-9(7)11(15)10(14)6-13/h3-5,10-11,14-15H,6H2,1-2H3. The molecule has 5 heteroatoms. The molecule has 0 aliphatic carbocycles. The molecule has 0 aliphatic rings. The van der Waals surface area contributed by atoms with Crippen LogP contribution >= 0.6 is 11.6 Å². The van der Waals surface area contributed by atoms with Gasteiger partial charge in [0.1, 0.15) is 6.10 Å². The fourth-order valence-electron chi connectivity index (χ4n) is 1.54. The molecule has 0 heterocycles. The first-order valence-electron chi connectivity index (χ1n) is 5.12. The van der Waals surface area contributed by atoms with Gasteiger partial charge in [0.15, 0.2) is 0 Å². The highest BCUT2D eigenvalue weighted by molar-refractivity contribution is 6.18. The second-order valence-electron chi connectivity index (χ2n) is 3.73. The second-order valence-corrected chi connectivity index (χ2v) is 4.04. The van der Waals surface area contributed by atoms with Crippen LogP contribution in [0.15, 0.2) is 18.2 Å². The highest BCUT2D eigenvalue weighted by Gasteiger charge is 2.20. The van der Waals surface area contributed by atoms with Crippen molar-refractivity contribution < 1.29 is 19.7 Å². The lowest BCUT2D eigenvalue weighted by molar-refractivity contribution is 0.0323. The van der Waals surface area contributed by atoms with Crippen LogP contribution < -0.4 is 0 Å². The van der Waals surface area contributed by atoms with E-state index in [9.17, 15) is 15.0 Å². The van der Waals surface area contributed by atoms with Gasteiger partial charge in [0.25, 0.3) is 0 Å². The van der Waals surface area contributed by atoms with Crippen molar-refractivity contribution in [2.24, 2.45) is 0 Å². The van der Waals surface area contributed by atoms with E-state index in [2.05, 4.69) is 4.74 Å². The quantitative estimate of drug-likeness (QED) is 0.633. The number of alkyl halides is 1. The van der Waals surface area contributed by atoms with Gasteiger partial charge in [-0.1, -0.05) is 6.07 Å². The predicted octanol–water partition coefficient (Wildman–Crippen LogP) is 1.41. The number of carbonyl (C=O) groups is 1. The minimum Gasteiger partial charge on any atom is -0.465 e. The van der Waals surface area contributed by atoms with Crippen LogP contribution in [0.1, 0.15) is 27.6 Å². The van der Waals surface area contributed by atoms with Crippen LogP contribution in [0.25, 0.3) is 0 Å². The summed E-state index contributed by atoms with van der Waals surface area (Å²) in [5.74, 6) is -0.494. The van der Waals surface area contributed by atoms with Gasteiger partial charge >= 0.3 is 5.97 Å². The van der Waals surface area contributed by atoms with Gasteiger partial charge in [-0.25, -0.2) is 4.79 Å². The molecule has 0 saturated heterocycles. The number of esters is 1. The summed E-state index contributed by atoms with van der Waals surface area (Å²) in [6.45, 7) is 1.74. The highest BCUT2D eigenvalue weighted by atomic mass is 35.5. The van der Waals surface area contributed by atoms with E-state index in [1.165, 1.54) is 7.11 Å². The first-order valence-corrected chi connectivity index (χ1v) is 5.65. The molecule has 0 aromatic heterocycles. The van der Waals surface area contributed by atoms with E-state index in [1.807, 2.05) is 0 Å². The molecule has 0 fully saturated rings.